The highest BCUT2D eigenvalue weighted by atomic mass is 16.5. The molecule has 1 aromatic carbocycles. The molecule has 1 aliphatic carbocycles. The van der Waals surface area contributed by atoms with E-state index in [-0.39, 0.29) is 24.4 Å². The highest BCUT2D eigenvalue weighted by molar-refractivity contribution is 5.93. The van der Waals surface area contributed by atoms with Gasteiger partial charge in [-0.2, -0.15) is 0 Å². The van der Waals surface area contributed by atoms with Crippen molar-refractivity contribution < 1.29 is 14.3 Å². The maximum atomic E-state index is 11.5. The van der Waals surface area contributed by atoms with Gasteiger partial charge >= 0.3 is 5.97 Å². The summed E-state index contributed by atoms with van der Waals surface area (Å²) in [4.78, 5) is 22.7. The molecule has 1 fully saturated rings. The predicted octanol–water partition coefficient (Wildman–Crippen LogP) is 1.89. The molecule has 0 heterocycles. The number of nitrogens with one attached hydrogen (secondary N) is 1. The molecule has 0 saturated heterocycles. The van der Waals surface area contributed by atoms with Crippen LogP contribution in [-0.4, -0.2) is 18.5 Å². The average molecular weight is 233 g/mol. The molecule has 0 aromatic heterocycles. The van der Waals surface area contributed by atoms with E-state index in [0.717, 1.165) is 24.1 Å². The smallest absolute Gasteiger partial charge is 0.309 e. The Morgan fingerprint density at radius 1 is 1.41 bits per heavy atom. The first-order valence-electron chi connectivity index (χ1n) is 5.68. The van der Waals surface area contributed by atoms with E-state index >= 15 is 0 Å². The lowest BCUT2D eigenvalue weighted by molar-refractivity contribution is -0.148. The van der Waals surface area contributed by atoms with E-state index in [9.17, 15) is 9.59 Å². The summed E-state index contributed by atoms with van der Waals surface area (Å²) >= 11 is 0. The van der Waals surface area contributed by atoms with E-state index in [4.69, 9.17) is 4.74 Å². The van der Waals surface area contributed by atoms with E-state index in [2.05, 4.69) is 5.32 Å². The standard InChI is InChI=1S/C13H15NO3/c1-9-3-2-4-11(7-9)14-12(15)8-17-13(16)10-5-6-10/h2-4,7,10H,5-6,8H2,1H3,(H,14,15). The first kappa shape index (κ1) is 11.6. The Kier molecular flexibility index (Phi) is 3.42. The normalized spacial score (nSPS) is 14.2. The molecule has 2 rings (SSSR count). The molecule has 0 radical (unpaired) electrons. The van der Waals surface area contributed by atoms with Crippen molar-refractivity contribution in [2.75, 3.05) is 11.9 Å². The Balaban J connectivity index is 1.78. The zero-order valence-corrected chi connectivity index (χ0v) is 9.73. The molecule has 1 saturated carbocycles. The maximum absolute atomic E-state index is 11.5. The fourth-order valence-electron chi connectivity index (χ4n) is 1.49. The maximum Gasteiger partial charge on any atom is 0.309 e. The van der Waals surface area contributed by atoms with Gasteiger partial charge in [-0.3, -0.25) is 9.59 Å². The van der Waals surface area contributed by atoms with Gasteiger partial charge in [0, 0.05) is 5.69 Å². The number of hydrogen-bond acceptors (Lipinski definition) is 3. The van der Waals surface area contributed by atoms with Gasteiger partial charge < -0.3 is 10.1 Å². The van der Waals surface area contributed by atoms with Crippen molar-refractivity contribution in [3.8, 4) is 0 Å². The van der Waals surface area contributed by atoms with E-state index in [1.807, 2.05) is 25.1 Å². The number of aryl methyl sites for hydroxylation is 1. The molecule has 4 heteroatoms. The fourth-order valence-corrected chi connectivity index (χ4v) is 1.49. The number of benzene rings is 1. The quantitative estimate of drug-likeness (QED) is 0.808. The van der Waals surface area contributed by atoms with Gasteiger partial charge in [-0.15, -0.1) is 0 Å². The largest absolute Gasteiger partial charge is 0.455 e. The number of ether oxygens (including phenoxy) is 1. The second kappa shape index (κ2) is 4.99. The van der Waals surface area contributed by atoms with Crippen LogP contribution in [0.2, 0.25) is 0 Å². The van der Waals surface area contributed by atoms with Gasteiger partial charge in [0.2, 0.25) is 0 Å². The van der Waals surface area contributed by atoms with E-state index < -0.39 is 0 Å². The number of amides is 1. The highest BCUT2D eigenvalue weighted by Crippen LogP contribution is 2.29. The van der Waals surface area contributed by atoms with Crippen LogP contribution in [0.1, 0.15) is 18.4 Å². The molecule has 0 aliphatic heterocycles. The molecule has 0 spiro atoms. The minimum absolute atomic E-state index is 0.0294. The second-order valence-electron chi connectivity index (χ2n) is 4.30. The molecule has 0 atom stereocenters. The van der Waals surface area contributed by atoms with Gasteiger partial charge in [0.1, 0.15) is 0 Å². The first-order chi connectivity index (χ1) is 8.15. The number of anilines is 1. The molecule has 17 heavy (non-hydrogen) atoms. The minimum Gasteiger partial charge on any atom is -0.455 e. The van der Waals surface area contributed by atoms with Crippen molar-refractivity contribution in [3.63, 3.8) is 0 Å². The zero-order valence-electron chi connectivity index (χ0n) is 9.73. The second-order valence-corrected chi connectivity index (χ2v) is 4.30. The number of hydrogen-bond donors (Lipinski definition) is 1. The van der Waals surface area contributed by atoms with Crippen molar-refractivity contribution in [3.05, 3.63) is 29.8 Å². The van der Waals surface area contributed by atoms with Crippen LogP contribution in [0.4, 0.5) is 5.69 Å². The summed E-state index contributed by atoms with van der Waals surface area (Å²) in [5, 5.41) is 2.68. The van der Waals surface area contributed by atoms with Crippen LogP contribution < -0.4 is 5.32 Å². The Labute approximate surface area is 100.0 Å². The van der Waals surface area contributed by atoms with Gasteiger partial charge in [0.15, 0.2) is 6.61 Å². The van der Waals surface area contributed by atoms with Crippen LogP contribution in [0, 0.1) is 12.8 Å². The van der Waals surface area contributed by atoms with Crippen LogP contribution in [0.25, 0.3) is 0 Å². The predicted molar refractivity (Wildman–Crippen MR) is 63.5 cm³/mol. The molecular formula is C13H15NO3. The summed E-state index contributed by atoms with van der Waals surface area (Å²) in [5.41, 5.74) is 1.79. The van der Waals surface area contributed by atoms with Crippen LogP contribution in [0.5, 0.6) is 0 Å². The molecule has 1 N–H and O–H groups in total. The van der Waals surface area contributed by atoms with Crippen molar-refractivity contribution in [2.45, 2.75) is 19.8 Å². The van der Waals surface area contributed by atoms with Gasteiger partial charge in [-0.25, -0.2) is 0 Å². The fraction of sp³-hybridized carbons (Fsp3) is 0.385. The van der Waals surface area contributed by atoms with E-state index in [1.165, 1.54) is 0 Å². The van der Waals surface area contributed by atoms with Crippen LogP contribution in [0.15, 0.2) is 24.3 Å². The lowest BCUT2D eigenvalue weighted by Crippen LogP contribution is -2.21. The van der Waals surface area contributed by atoms with Crippen LogP contribution in [0.3, 0.4) is 0 Å². The monoisotopic (exact) mass is 233 g/mol. The molecule has 0 bridgehead atoms. The Hall–Kier alpha value is -1.84. The van der Waals surface area contributed by atoms with Crippen molar-refractivity contribution in [2.24, 2.45) is 5.92 Å². The Bertz CT molecular complexity index is 438. The summed E-state index contributed by atoms with van der Waals surface area (Å²) in [5.74, 6) is -0.532. The molecule has 1 aliphatic rings. The topological polar surface area (TPSA) is 55.4 Å². The SMILES string of the molecule is Cc1cccc(NC(=O)COC(=O)C2CC2)c1. The third kappa shape index (κ3) is 3.59. The number of carbonyl (C=O) groups is 2. The van der Waals surface area contributed by atoms with Crippen LogP contribution >= 0.6 is 0 Å². The van der Waals surface area contributed by atoms with Crippen molar-refractivity contribution in [1.29, 1.82) is 0 Å². The lowest BCUT2D eigenvalue weighted by atomic mass is 10.2. The lowest BCUT2D eigenvalue weighted by Gasteiger charge is -2.06. The van der Waals surface area contributed by atoms with E-state index in [0.29, 0.717) is 0 Å². The molecule has 1 amide bonds. The number of carbonyl (C=O) groups excluding carboxylic acids is 2. The first-order valence-corrected chi connectivity index (χ1v) is 5.68. The van der Waals surface area contributed by atoms with Crippen molar-refractivity contribution in [1.82, 2.24) is 0 Å². The molecule has 0 unspecified atom stereocenters. The number of esters is 1. The zero-order chi connectivity index (χ0) is 12.3. The molecule has 4 nitrogen and oxygen atoms in total. The van der Waals surface area contributed by atoms with Gasteiger partial charge in [-0.05, 0) is 37.5 Å². The Morgan fingerprint density at radius 3 is 2.82 bits per heavy atom. The van der Waals surface area contributed by atoms with Crippen molar-refractivity contribution >= 4 is 17.6 Å². The third-order valence-corrected chi connectivity index (χ3v) is 2.56. The third-order valence-electron chi connectivity index (χ3n) is 2.56. The molecular weight excluding hydrogens is 218 g/mol. The molecule has 1 aromatic rings. The van der Waals surface area contributed by atoms with E-state index in [1.54, 1.807) is 6.07 Å². The van der Waals surface area contributed by atoms with Gasteiger partial charge in [-0.1, -0.05) is 12.1 Å². The number of rotatable bonds is 4. The minimum atomic E-state index is -0.301. The highest BCUT2D eigenvalue weighted by Gasteiger charge is 2.31. The summed E-state index contributed by atoms with van der Waals surface area (Å²) in [6.07, 6.45) is 1.77. The average Bonchev–Trinajstić information content (AvgIpc) is 3.09. The van der Waals surface area contributed by atoms with Crippen LogP contribution in [-0.2, 0) is 14.3 Å². The summed E-state index contributed by atoms with van der Waals surface area (Å²) in [7, 11) is 0. The summed E-state index contributed by atoms with van der Waals surface area (Å²) < 4.78 is 4.88. The van der Waals surface area contributed by atoms with Gasteiger partial charge in [0.05, 0.1) is 5.92 Å². The Morgan fingerprint density at radius 2 is 2.18 bits per heavy atom. The summed E-state index contributed by atoms with van der Waals surface area (Å²) in [6.45, 7) is 1.74. The summed E-state index contributed by atoms with van der Waals surface area (Å²) in [6, 6.07) is 7.47. The molecule has 90 valence electrons. The van der Waals surface area contributed by atoms with Gasteiger partial charge in [0.25, 0.3) is 5.91 Å².